The summed E-state index contributed by atoms with van der Waals surface area (Å²) in [6.45, 7) is 4.16. The number of amides is 2. The molecule has 0 bridgehead atoms. The minimum atomic E-state index is -0.0343. The standard InChI is InChI=1S/C17H24ClN3O2/c1-23-16-7-6-13(11-15(16)18)19-17(22)21-10-4-5-14(21)12-20-8-2-3-9-20/h6-7,11,14H,2-5,8-10,12H2,1H3,(H,19,22). The van der Waals surface area contributed by atoms with Gasteiger partial charge in [-0.15, -0.1) is 0 Å². The van der Waals surface area contributed by atoms with Gasteiger partial charge in [0.25, 0.3) is 0 Å². The van der Waals surface area contributed by atoms with Crippen LogP contribution in [0.2, 0.25) is 5.02 Å². The van der Waals surface area contributed by atoms with E-state index in [9.17, 15) is 4.79 Å². The molecule has 23 heavy (non-hydrogen) atoms. The number of ether oxygens (including phenoxy) is 1. The van der Waals surface area contributed by atoms with E-state index in [2.05, 4.69) is 10.2 Å². The maximum absolute atomic E-state index is 12.6. The van der Waals surface area contributed by atoms with Crippen LogP contribution in [-0.4, -0.2) is 55.2 Å². The van der Waals surface area contributed by atoms with Crippen LogP contribution in [0.3, 0.4) is 0 Å². The fourth-order valence-corrected chi connectivity index (χ4v) is 3.75. The van der Waals surface area contributed by atoms with Crippen LogP contribution in [0.25, 0.3) is 0 Å². The SMILES string of the molecule is COc1ccc(NC(=O)N2CCCC2CN2CCCC2)cc1Cl. The van der Waals surface area contributed by atoms with Crippen molar-refractivity contribution >= 4 is 23.3 Å². The Morgan fingerprint density at radius 3 is 2.78 bits per heavy atom. The number of methoxy groups -OCH3 is 1. The van der Waals surface area contributed by atoms with Gasteiger partial charge in [0.2, 0.25) is 0 Å². The molecule has 0 spiro atoms. The number of urea groups is 1. The molecule has 0 aliphatic carbocycles. The van der Waals surface area contributed by atoms with Crippen molar-refractivity contribution in [3.05, 3.63) is 23.2 Å². The summed E-state index contributed by atoms with van der Waals surface area (Å²) in [7, 11) is 1.58. The molecule has 2 aliphatic rings. The minimum Gasteiger partial charge on any atom is -0.495 e. The Morgan fingerprint density at radius 2 is 2.09 bits per heavy atom. The minimum absolute atomic E-state index is 0.0343. The number of nitrogens with zero attached hydrogens (tertiary/aromatic N) is 2. The number of nitrogens with one attached hydrogen (secondary N) is 1. The van der Waals surface area contributed by atoms with E-state index < -0.39 is 0 Å². The number of halogens is 1. The normalized spacial score (nSPS) is 21.7. The van der Waals surface area contributed by atoms with Crippen molar-refractivity contribution in [3.63, 3.8) is 0 Å². The Kier molecular flexibility index (Phi) is 5.28. The van der Waals surface area contributed by atoms with Gasteiger partial charge in [-0.2, -0.15) is 0 Å². The van der Waals surface area contributed by atoms with Crippen LogP contribution in [0.15, 0.2) is 18.2 Å². The van der Waals surface area contributed by atoms with Crippen LogP contribution in [0.4, 0.5) is 10.5 Å². The molecule has 1 aromatic carbocycles. The van der Waals surface area contributed by atoms with Crippen molar-refractivity contribution in [2.24, 2.45) is 0 Å². The molecule has 1 aromatic rings. The second-order valence-electron chi connectivity index (χ2n) is 6.28. The zero-order valence-electron chi connectivity index (χ0n) is 13.6. The molecule has 2 saturated heterocycles. The molecule has 1 N–H and O–H groups in total. The zero-order chi connectivity index (χ0) is 16.2. The van der Waals surface area contributed by atoms with Gasteiger partial charge in [-0.3, -0.25) is 0 Å². The van der Waals surface area contributed by atoms with Gasteiger partial charge >= 0.3 is 6.03 Å². The monoisotopic (exact) mass is 337 g/mol. The number of likely N-dealkylation sites (tertiary alicyclic amines) is 2. The van der Waals surface area contributed by atoms with Crippen molar-refractivity contribution < 1.29 is 9.53 Å². The van der Waals surface area contributed by atoms with Crippen LogP contribution >= 0.6 is 11.6 Å². The molecular weight excluding hydrogens is 314 g/mol. The van der Waals surface area contributed by atoms with Crippen molar-refractivity contribution in [1.82, 2.24) is 9.80 Å². The summed E-state index contributed by atoms with van der Waals surface area (Å²) in [4.78, 5) is 17.0. The first-order valence-corrected chi connectivity index (χ1v) is 8.68. The maximum Gasteiger partial charge on any atom is 0.322 e. The van der Waals surface area contributed by atoms with Gasteiger partial charge < -0.3 is 19.9 Å². The predicted molar refractivity (Wildman–Crippen MR) is 92.4 cm³/mol. The molecule has 0 radical (unpaired) electrons. The third-order valence-corrected chi connectivity index (χ3v) is 5.00. The molecule has 0 saturated carbocycles. The summed E-state index contributed by atoms with van der Waals surface area (Å²) in [5, 5.41) is 3.46. The second kappa shape index (κ2) is 7.41. The lowest BCUT2D eigenvalue weighted by Crippen LogP contribution is -2.44. The number of hydrogen-bond acceptors (Lipinski definition) is 3. The van der Waals surface area contributed by atoms with Gasteiger partial charge in [0, 0.05) is 24.8 Å². The molecule has 126 valence electrons. The molecule has 0 aromatic heterocycles. The number of anilines is 1. The topological polar surface area (TPSA) is 44.8 Å². The van der Waals surface area contributed by atoms with E-state index in [1.807, 2.05) is 11.0 Å². The summed E-state index contributed by atoms with van der Waals surface area (Å²) in [5.74, 6) is 0.609. The lowest BCUT2D eigenvalue weighted by molar-refractivity contribution is 0.186. The van der Waals surface area contributed by atoms with Crippen LogP contribution in [0, 0.1) is 0 Å². The Labute approximate surface area is 142 Å². The highest BCUT2D eigenvalue weighted by atomic mass is 35.5. The Morgan fingerprint density at radius 1 is 1.30 bits per heavy atom. The van der Waals surface area contributed by atoms with Crippen molar-refractivity contribution in [1.29, 1.82) is 0 Å². The number of rotatable bonds is 4. The number of hydrogen-bond donors (Lipinski definition) is 1. The van der Waals surface area contributed by atoms with Crippen molar-refractivity contribution in [2.45, 2.75) is 31.7 Å². The molecule has 1 unspecified atom stereocenters. The van der Waals surface area contributed by atoms with Gasteiger partial charge in [0.15, 0.2) is 0 Å². The average molecular weight is 338 g/mol. The van der Waals surface area contributed by atoms with Crippen LogP contribution in [0.5, 0.6) is 5.75 Å². The zero-order valence-corrected chi connectivity index (χ0v) is 14.3. The number of benzene rings is 1. The van der Waals surface area contributed by atoms with Gasteiger partial charge in [-0.1, -0.05) is 11.6 Å². The first-order chi connectivity index (χ1) is 11.2. The first kappa shape index (κ1) is 16.4. The van der Waals surface area contributed by atoms with Crippen LogP contribution in [0.1, 0.15) is 25.7 Å². The Balaban J connectivity index is 1.61. The summed E-state index contributed by atoms with van der Waals surface area (Å²) in [6.07, 6.45) is 4.73. The maximum atomic E-state index is 12.6. The lowest BCUT2D eigenvalue weighted by atomic mass is 10.2. The van der Waals surface area contributed by atoms with E-state index in [-0.39, 0.29) is 6.03 Å². The van der Waals surface area contributed by atoms with Crippen LogP contribution < -0.4 is 10.1 Å². The highest BCUT2D eigenvalue weighted by Crippen LogP contribution is 2.28. The van der Waals surface area contributed by atoms with Gasteiger partial charge in [-0.05, 0) is 57.0 Å². The first-order valence-electron chi connectivity index (χ1n) is 8.31. The molecule has 5 nitrogen and oxygen atoms in total. The molecule has 2 heterocycles. The highest BCUT2D eigenvalue weighted by Gasteiger charge is 2.30. The van der Waals surface area contributed by atoms with E-state index in [1.54, 1.807) is 19.2 Å². The van der Waals surface area contributed by atoms with Crippen LogP contribution in [-0.2, 0) is 0 Å². The van der Waals surface area contributed by atoms with Gasteiger partial charge in [-0.25, -0.2) is 4.79 Å². The van der Waals surface area contributed by atoms with E-state index in [4.69, 9.17) is 16.3 Å². The van der Waals surface area contributed by atoms with E-state index in [1.165, 1.54) is 25.9 Å². The molecule has 2 amide bonds. The van der Waals surface area contributed by atoms with Crippen molar-refractivity contribution in [3.8, 4) is 5.75 Å². The number of carbonyl (C=O) groups is 1. The van der Waals surface area contributed by atoms with E-state index in [0.717, 1.165) is 25.9 Å². The fraction of sp³-hybridized carbons (Fsp3) is 0.588. The third kappa shape index (κ3) is 3.90. The van der Waals surface area contributed by atoms with Crippen molar-refractivity contribution in [2.75, 3.05) is 38.6 Å². The van der Waals surface area contributed by atoms with E-state index >= 15 is 0 Å². The second-order valence-corrected chi connectivity index (χ2v) is 6.68. The van der Waals surface area contributed by atoms with Gasteiger partial charge in [0.05, 0.1) is 12.1 Å². The summed E-state index contributed by atoms with van der Waals surface area (Å²) < 4.78 is 5.14. The lowest BCUT2D eigenvalue weighted by Gasteiger charge is -2.28. The highest BCUT2D eigenvalue weighted by molar-refractivity contribution is 6.32. The molecular formula is C17H24ClN3O2. The number of carbonyl (C=O) groups excluding carboxylic acids is 1. The van der Waals surface area contributed by atoms with Gasteiger partial charge in [0.1, 0.15) is 5.75 Å². The molecule has 3 rings (SSSR count). The summed E-state index contributed by atoms with van der Waals surface area (Å²) in [6, 6.07) is 5.59. The quantitative estimate of drug-likeness (QED) is 0.915. The predicted octanol–water partition coefficient (Wildman–Crippen LogP) is 3.44. The molecule has 2 aliphatic heterocycles. The summed E-state index contributed by atoms with van der Waals surface area (Å²) >= 11 is 6.12. The summed E-state index contributed by atoms with van der Waals surface area (Å²) in [5.41, 5.74) is 0.702. The molecule has 6 heteroatoms. The molecule has 2 fully saturated rings. The molecule has 1 atom stereocenters. The largest absolute Gasteiger partial charge is 0.495 e. The smallest absolute Gasteiger partial charge is 0.322 e. The average Bonchev–Trinajstić information content (AvgIpc) is 3.19. The van der Waals surface area contributed by atoms with E-state index in [0.29, 0.717) is 22.5 Å². The fourth-order valence-electron chi connectivity index (χ4n) is 3.50. The Hall–Kier alpha value is -1.46. The Bertz CT molecular complexity index is 561. The third-order valence-electron chi connectivity index (χ3n) is 4.71.